The second kappa shape index (κ2) is 12.8. The number of halogens is 1. The van der Waals surface area contributed by atoms with Crippen LogP contribution in [-0.2, 0) is 15.3 Å². The molecule has 3 aromatic carbocycles. The molecule has 0 bridgehead atoms. The fourth-order valence-electron chi connectivity index (χ4n) is 4.21. The van der Waals surface area contributed by atoms with E-state index in [0.717, 1.165) is 16.9 Å². The number of nitrogens with zero attached hydrogens (tertiary/aromatic N) is 3. The zero-order valence-electron chi connectivity index (χ0n) is 21.6. The zero-order chi connectivity index (χ0) is 28.8. The van der Waals surface area contributed by atoms with E-state index in [4.69, 9.17) is 4.74 Å². The van der Waals surface area contributed by atoms with Gasteiger partial charge < -0.3 is 9.84 Å². The highest BCUT2D eigenvalue weighted by molar-refractivity contribution is 8.00. The smallest absolute Gasteiger partial charge is 0.296 e. The number of rotatable bonds is 11. The summed E-state index contributed by atoms with van der Waals surface area (Å²) in [5.74, 6) is -1.35. The number of aromatic nitrogens is 2. The van der Waals surface area contributed by atoms with Crippen molar-refractivity contribution in [3.8, 4) is 5.75 Å². The molecule has 1 aliphatic heterocycles. The third-order valence-electron chi connectivity index (χ3n) is 6.17. The first kappa shape index (κ1) is 28.0. The molecule has 1 atom stereocenters. The van der Waals surface area contributed by atoms with Crippen LogP contribution in [0.25, 0.3) is 6.08 Å². The van der Waals surface area contributed by atoms with Gasteiger partial charge in [0, 0.05) is 5.75 Å². The van der Waals surface area contributed by atoms with Crippen molar-refractivity contribution in [2.75, 3.05) is 11.5 Å². The maximum atomic E-state index is 14.1. The number of amides is 1. The van der Waals surface area contributed by atoms with Gasteiger partial charge in [0.2, 0.25) is 5.13 Å². The van der Waals surface area contributed by atoms with Crippen molar-refractivity contribution in [2.24, 2.45) is 0 Å². The first-order valence-electron chi connectivity index (χ1n) is 12.5. The predicted molar refractivity (Wildman–Crippen MR) is 158 cm³/mol. The number of thioether (sulfide) groups is 1. The highest BCUT2D eigenvalue weighted by Crippen LogP contribution is 2.43. The Bertz CT molecular complexity index is 1630. The number of hydrogen-bond donors (Lipinski definition) is 1. The lowest BCUT2D eigenvalue weighted by molar-refractivity contribution is -0.117. The lowest BCUT2D eigenvalue weighted by atomic mass is 9.95. The minimum Gasteiger partial charge on any atom is -0.503 e. The van der Waals surface area contributed by atoms with Crippen molar-refractivity contribution in [1.82, 2.24) is 10.2 Å². The summed E-state index contributed by atoms with van der Waals surface area (Å²) < 4.78 is 20.2. The number of ketones is 1. The van der Waals surface area contributed by atoms with Gasteiger partial charge in [-0.2, -0.15) is 0 Å². The summed E-state index contributed by atoms with van der Waals surface area (Å²) in [6.45, 7) is 3.96. The summed E-state index contributed by atoms with van der Waals surface area (Å²) in [7, 11) is 0. The lowest BCUT2D eigenvalue weighted by Crippen LogP contribution is -2.30. The Hall–Kier alpha value is -4.54. The molecular formula is C31H24FN3O4S2. The zero-order valence-corrected chi connectivity index (χ0v) is 23.3. The van der Waals surface area contributed by atoms with Crippen LogP contribution >= 0.6 is 23.1 Å². The monoisotopic (exact) mass is 585 g/mol. The number of carbonyl (C=O) groups is 2. The summed E-state index contributed by atoms with van der Waals surface area (Å²) in [4.78, 5) is 28.1. The van der Waals surface area contributed by atoms with Crippen LogP contribution in [0.1, 0.15) is 22.7 Å². The molecule has 0 spiro atoms. The molecule has 4 aromatic rings. The van der Waals surface area contributed by atoms with E-state index in [0.29, 0.717) is 33.6 Å². The number of carbonyl (C=O) groups excluding carboxylic acids is 2. The molecule has 5 rings (SSSR count). The molecule has 1 N–H and O–H groups in total. The van der Waals surface area contributed by atoms with Gasteiger partial charge in [-0.25, -0.2) is 4.39 Å². The molecular weight excluding hydrogens is 561 g/mol. The van der Waals surface area contributed by atoms with E-state index in [9.17, 15) is 19.1 Å². The molecule has 0 saturated heterocycles. The molecule has 41 heavy (non-hydrogen) atoms. The Morgan fingerprint density at radius 1 is 1.07 bits per heavy atom. The predicted octanol–water partition coefficient (Wildman–Crippen LogP) is 6.72. The quantitative estimate of drug-likeness (QED) is 0.0904. The Labute approximate surface area is 244 Å². The Balaban J connectivity index is 1.46. The van der Waals surface area contributed by atoms with Gasteiger partial charge in [0.1, 0.15) is 18.2 Å². The Morgan fingerprint density at radius 3 is 2.54 bits per heavy atom. The molecule has 7 nitrogen and oxygen atoms in total. The second-order valence-electron chi connectivity index (χ2n) is 8.85. The number of aliphatic hydroxyl groups excluding tert-OH is 1. The van der Waals surface area contributed by atoms with Gasteiger partial charge in [0.25, 0.3) is 5.91 Å². The van der Waals surface area contributed by atoms with Crippen LogP contribution in [0.3, 0.4) is 0 Å². The van der Waals surface area contributed by atoms with Crippen LogP contribution in [0.5, 0.6) is 5.75 Å². The SMILES string of the molecule is C=CCOc1ccc(C2C(C(=O)/C=C/c3ccccc3)=C(O)C(=O)N2c2nnc(SCc3ccccc3F)s2)cc1. The molecule has 1 amide bonds. The number of hydrogen-bond acceptors (Lipinski definition) is 8. The summed E-state index contributed by atoms with van der Waals surface area (Å²) in [6, 6.07) is 21.6. The average molecular weight is 586 g/mol. The van der Waals surface area contributed by atoms with Gasteiger partial charge in [-0.15, -0.1) is 10.2 Å². The van der Waals surface area contributed by atoms with Gasteiger partial charge in [0.05, 0.1) is 11.6 Å². The van der Waals surface area contributed by atoms with Gasteiger partial charge in [-0.05, 0) is 41.0 Å². The normalized spacial score (nSPS) is 15.1. The van der Waals surface area contributed by atoms with E-state index in [1.165, 1.54) is 28.8 Å². The minimum atomic E-state index is -0.957. The van der Waals surface area contributed by atoms with Gasteiger partial charge >= 0.3 is 0 Å². The van der Waals surface area contributed by atoms with E-state index in [1.54, 1.807) is 54.6 Å². The average Bonchev–Trinajstić information content (AvgIpc) is 3.57. The van der Waals surface area contributed by atoms with Crippen molar-refractivity contribution in [3.05, 3.63) is 131 Å². The van der Waals surface area contributed by atoms with Crippen molar-refractivity contribution in [3.63, 3.8) is 0 Å². The Kier molecular flexibility index (Phi) is 8.71. The van der Waals surface area contributed by atoms with E-state index >= 15 is 0 Å². The molecule has 1 unspecified atom stereocenters. The standard InChI is InChI=1S/C31H24FN3O4S2/c1-2-18-39-23-15-13-21(14-16-23)27-26(25(36)17-12-20-8-4-3-5-9-20)28(37)29(38)35(27)30-33-34-31(41-30)40-19-22-10-6-7-11-24(22)32/h2-17,27,37H,1,18-19H2/b17-12+. The summed E-state index contributed by atoms with van der Waals surface area (Å²) >= 11 is 2.40. The molecule has 1 aliphatic rings. The molecule has 10 heteroatoms. The van der Waals surface area contributed by atoms with Crippen LogP contribution in [0, 0.1) is 5.82 Å². The third-order valence-corrected chi connectivity index (χ3v) is 8.28. The maximum Gasteiger partial charge on any atom is 0.296 e. The van der Waals surface area contributed by atoms with Crippen molar-refractivity contribution >= 4 is 46.0 Å². The number of aliphatic hydroxyl groups is 1. The molecule has 0 radical (unpaired) electrons. The van der Waals surface area contributed by atoms with E-state index < -0.39 is 23.5 Å². The summed E-state index contributed by atoms with van der Waals surface area (Å²) in [6.07, 6.45) is 4.59. The molecule has 0 aliphatic carbocycles. The Morgan fingerprint density at radius 2 is 1.80 bits per heavy atom. The minimum absolute atomic E-state index is 0.0716. The molecule has 2 heterocycles. The number of allylic oxidation sites excluding steroid dienone is 1. The van der Waals surface area contributed by atoms with Crippen LogP contribution in [0.2, 0.25) is 0 Å². The fourth-order valence-corrected chi connectivity index (χ4v) is 6.06. The molecule has 0 saturated carbocycles. The van der Waals surface area contributed by atoms with Gasteiger partial charge in [-0.3, -0.25) is 14.5 Å². The fraction of sp³-hybridized carbons (Fsp3) is 0.0968. The molecule has 206 valence electrons. The van der Waals surface area contributed by atoms with Gasteiger partial charge in [-0.1, -0.05) is 102 Å². The first-order chi connectivity index (χ1) is 20.0. The number of ether oxygens (including phenoxy) is 1. The maximum absolute atomic E-state index is 14.1. The van der Waals surface area contributed by atoms with Crippen LogP contribution in [0.15, 0.2) is 113 Å². The van der Waals surface area contributed by atoms with Gasteiger partial charge in [0.15, 0.2) is 15.9 Å². The van der Waals surface area contributed by atoms with E-state index in [1.807, 2.05) is 30.3 Å². The third kappa shape index (κ3) is 6.29. The van der Waals surface area contributed by atoms with Crippen LogP contribution in [0.4, 0.5) is 9.52 Å². The highest BCUT2D eigenvalue weighted by atomic mass is 32.2. The first-order valence-corrected chi connectivity index (χ1v) is 14.3. The lowest BCUT2D eigenvalue weighted by Gasteiger charge is -2.24. The van der Waals surface area contributed by atoms with E-state index in [-0.39, 0.29) is 16.5 Å². The topological polar surface area (TPSA) is 92.6 Å². The van der Waals surface area contributed by atoms with Crippen molar-refractivity contribution in [2.45, 2.75) is 16.1 Å². The molecule has 0 fully saturated rings. The van der Waals surface area contributed by atoms with Crippen LogP contribution in [-0.4, -0.2) is 33.6 Å². The van der Waals surface area contributed by atoms with E-state index in [2.05, 4.69) is 16.8 Å². The molecule has 1 aromatic heterocycles. The van der Waals surface area contributed by atoms with Crippen molar-refractivity contribution in [1.29, 1.82) is 0 Å². The second-order valence-corrected chi connectivity index (χ2v) is 11.0. The number of benzene rings is 3. The summed E-state index contributed by atoms with van der Waals surface area (Å²) in [5.41, 5.74) is 1.81. The highest BCUT2D eigenvalue weighted by Gasteiger charge is 2.45. The van der Waals surface area contributed by atoms with Crippen LogP contribution < -0.4 is 9.64 Å². The largest absolute Gasteiger partial charge is 0.503 e. The van der Waals surface area contributed by atoms with Crippen molar-refractivity contribution < 1.29 is 23.8 Å². The number of anilines is 1. The summed E-state index contributed by atoms with van der Waals surface area (Å²) in [5, 5.41) is 19.5.